The molecule has 0 unspecified atom stereocenters. The summed E-state index contributed by atoms with van der Waals surface area (Å²) in [5.74, 6) is 0.700. The third kappa shape index (κ3) is 5.62. The number of halogens is 1. The Bertz CT molecular complexity index is 628. The van der Waals surface area contributed by atoms with E-state index in [2.05, 4.69) is 5.32 Å². The maximum absolute atomic E-state index is 12.8. The fourth-order valence-electron chi connectivity index (χ4n) is 1.91. The van der Waals surface area contributed by atoms with Gasteiger partial charge in [-0.1, -0.05) is 19.1 Å². The average Bonchev–Trinajstić information content (AvgIpc) is 2.56. The van der Waals surface area contributed by atoms with Crippen molar-refractivity contribution < 1.29 is 18.7 Å². The minimum Gasteiger partial charge on any atom is -0.493 e. The van der Waals surface area contributed by atoms with Crippen molar-refractivity contribution in [3.8, 4) is 11.5 Å². The van der Waals surface area contributed by atoms with Crippen LogP contribution in [0.1, 0.15) is 19.8 Å². The molecule has 0 aliphatic rings. The standard InChI is InChI=1S/C18H20FNO3/c1-2-12-23-17-6-4-3-5-16(17)20-18(21)11-13-22-15-9-7-14(19)8-10-15/h3-10H,2,11-13H2,1H3,(H,20,21). The number of carbonyl (C=O) groups is 1. The number of nitrogens with one attached hydrogen (secondary N) is 1. The SMILES string of the molecule is CCCOc1ccccc1NC(=O)CCOc1ccc(F)cc1. The van der Waals surface area contributed by atoms with Crippen LogP contribution in [0.15, 0.2) is 48.5 Å². The fraction of sp³-hybridized carbons (Fsp3) is 0.278. The molecule has 0 heterocycles. The van der Waals surface area contributed by atoms with E-state index >= 15 is 0 Å². The van der Waals surface area contributed by atoms with Gasteiger partial charge in [-0.05, 0) is 42.8 Å². The topological polar surface area (TPSA) is 47.6 Å². The van der Waals surface area contributed by atoms with Gasteiger partial charge in [0.15, 0.2) is 0 Å². The Morgan fingerprint density at radius 2 is 1.78 bits per heavy atom. The van der Waals surface area contributed by atoms with Crippen molar-refractivity contribution in [2.45, 2.75) is 19.8 Å². The van der Waals surface area contributed by atoms with Crippen LogP contribution in [-0.2, 0) is 4.79 Å². The zero-order valence-electron chi connectivity index (χ0n) is 13.0. The Kier molecular flexibility index (Phi) is 6.41. The minimum atomic E-state index is -0.321. The van der Waals surface area contributed by atoms with Crippen molar-refractivity contribution >= 4 is 11.6 Å². The lowest BCUT2D eigenvalue weighted by Gasteiger charge is -2.12. The highest BCUT2D eigenvalue weighted by Crippen LogP contribution is 2.24. The van der Waals surface area contributed by atoms with Gasteiger partial charge in [-0.2, -0.15) is 0 Å². The quantitative estimate of drug-likeness (QED) is 0.800. The summed E-state index contributed by atoms with van der Waals surface area (Å²) in [6.45, 7) is 2.84. The van der Waals surface area contributed by atoms with Gasteiger partial charge in [-0.3, -0.25) is 4.79 Å². The zero-order chi connectivity index (χ0) is 16.5. The van der Waals surface area contributed by atoms with E-state index in [4.69, 9.17) is 9.47 Å². The van der Waals surface area contributed by atoms with Gasteiger partial charge in [0, 0.05) is 0 Å². The number of anilines is 1. The van der Waals surface area contributed by atoms with Crippen molar-refractivity contribution in [2.24, 2.45) is 0 Å². The molecule has 0 saturated carbocycles. The molecule has 5 heteroatoms. The highest BCUT2D eigenvalue weighted by molar-refractivity contribution is 5.92. The van der Waals surface area contributed by atoms with Crippen LogP contribution in [0.2, 0.25) is 0 Å². The number of benzene rings is 2. The molecule has 0 aromatic heterocycles. The van der Waals surface area contributed by atoms with Gasteiger partial charge in [0.05, 0.1) is 25.3 Å². The predicted octanol–water partition coefficient (Wildman–Crippen LogP) is 4.02. The van der Waals surface area contributed by atoms with E-state index in [0.29, 0.717) is 23.8 Å². The van der Waals surface area contributed by atoms with E-state index in [1.54, 1.807) is 6.07 Å². The molecule has 0 aliphatic carbocycles. The van der Waals surface area contributed by atoms with Crippen molar-refractivity contribution in [3.63, 3.8) is 0 Å². The molecule has 2 aromatic rings. The van der Waals surface area contributed by atoms with Gasteiger partial charge in [0.25, 0.3) is 0 Å². The van der Waals surface area contributed by atoms with Crippen LogP contribution in [0.5, 0.6) is 11.5 Å². The summed E-state index contributed by atoms with van der Waals surface area (Å²) in [5, 5.41) is 2.81. The highest BCUT2D eigenvalue weighted by Gasteiger charge is 2.07. The molecule has 2 aromatic carbocycles. The first-order valence-corrected chi connectivity index (χ1v) is 7.59. The summed E-state index contributed by atoms with van der Waals surface area (Å²) in [5.41, 5.74) is 0.646. The third-order valence-electron chi connectivity index (χ3n) is 3.03. The van der Waals surface area contributed by atoms with E-state index in [0.717, 1.165) is 6.42 Å². The number of hydrogen-bond acceptors (Lipinski definition) is 3. The summed E-state index contributed by atoms with van der Waals surface area (Å²) in [6, 6.07) is 13.0. The molecule has 4 nitrogen and oxygen atoms in total. The van der Waals surface area contributed by atoms with Crippen LogP contribution in [-0.4, -0.2) is 19.1 Å². The Morgan fingerprint density at radius 3 is 2.52 bits per heavy atom. The lowest BCUT2D eigenvalue weighted by atomic mass is 10.2. The summed E-state index contributed by atoms with van der Waals surface area (Å²) in [4.78, 5) is 12.0. The summed E-state index contributed by atoms with van der Waals surface area (Å²) >= 11 is 0. The number of para-hydroxylation sites is 2. The summed E-state index contributed by atoms with van der Waals surface area (Å²) in [6.07, 6.45) is 1.09. The smallest absolute Gasteiger partial charge is 0.227 e. The van der Waals surface area contributed by atoms with Crippen LogP contribution < -0.4 is 14.8 Å². The van der Waals surface area contributed by atoms with Crippen molar-refractivity contribution in [3.05, 3.63) is 54.3 Å². The van der Waals surface area contributed by atoms with Crippen LogP contribution in [0.25, 0.3) is 0 Å². The van der Waals surface area contributed by atoms with Gasteiger partial charge >= 0.3 is 0 Å². The molecule has 0 spiro atoms. The van der Waals surface area contributed by atoms with Crippen LogP contribution in [0, 0.1) is 5.82 Å². The Labute approximate surface area is 135 Å². The van der Waals surface area contributed by atoms with Gasteiger partial charge in [-0.15, -0.1) is 0 Å². The normalized spacial score (nSPS) is 10.2. The lowest BCUT2D eigenvalue weighted by molar-refractivity contribution is -0.116. The molecular formula is C18H20FNO3. The van der Waals surface area contributed by atoms with Crippen molar-refractivity contribution in [1.29, 1.82) is 0 Å². The average molecular weight is 317 g/mol. The number of ether oxygens (including phenoxy) is 2. The van der Waals surface area contributed by atoms with Crippen LogP contribution >= 0.6 is 0 Å². The number of amides is 1. The molecule has 0 radical (unpaired) electrons. The number of carbonyl (C=O) groups excluding carboxylic acids is 1. The Balaban J connectivity index is 1.81. The maximum atomic E-state index is 12.8. The molecule has 0 saturated heterocycles. The number of hydrogen-bond donors (Lipinski definition) is 1. The van der Waals surface area contributed by atoms with Crippen LogP contribution in [0.4, 0.5) is 10.1 Å². The van der Waals surface area contributed by atoms with Gasteiger partial charge in [-0.25, -0.2) is 4.39 Å². The predicted molar refractivity (Wildman–Crippen MR) is 87.4 cm³/mol. The largest absolute Gasteiger partial charge is 0.493 e. The first-order valence-electron chi connectivity index (χ1n) is 7.59. The van der Waals surface area contributed by atoms with Gasteiger partial charge in [0.1, 0.15) is 17.3 Å². The second kappa shape index (κ2) is 8.78. The minimum absolute atomic E-state index is 0.167. The molecule has 0 atom stereocenters. The van der Waals surface area contributed by atoms with E-state index in [1.807, 2.05) is 25.1 Å². The van der Waals surface area contributed by atoms with E-state index < -0.39 is 0 Å². The molecule has 2 rings (SSSR count). The summed E-state index contributed by atoms with van der Waals surface area (Å²) in [7, 11) is 0. The monoisotopic (exact) mass is 317 g/mol. The number of rotatable bonds is 8. The molecule has 1 amide bonds. The van der Waals surface area contributed by atoms with Gasteiger partial charge < -0.3 is 14.8 Å². The molecule has 0 aliphatic heterocycles. The van der Waals surface area contributed by atoms with Crippen LogP contribution in [0.3, 0.4) is 0 Å². The van der Waals surface area contributed by atoms with E-state index in [9.17, 15) is 9.18 Å². The van der Waals surface area contributed by atoms with E-state index in [1.165, 1.54) is 24.3 Å². The molecule has 1 N–H and O–H groups in total. The van der Waals surface area contributed by atoms with Crippen molar-refractivity contribution in [1.82, 2.24) is 0 Å². The fourth-order valence-corrected chi connectivity index (χ4v) is 1.91. The summed E-state index contributed by atoms with van der Waals surface area (Å²) < 4.78 is 23.8. The first kappa shape index (κ1) is 16.8. The lowest BCUT2D eigenvalue weighted by Crippen LogP contribution is -2.16. The molecule has 0 fully saturated rings. The second-order valence-electron chi connectivity index (χ2n) is 4.95. The molecule has 23 heavy (non-hydrogen) atoms. The van der Waals surface area contributed by atoms with Gasteiger partial charge in [0.2, 0.25) is 5.91 Å². The highest BCUT2D eigenvalue weighted by atomic mass is 19.1. The Hall–Kier alpha value is -2.56. The van der Waals surface area contributed by atoms with Crippen molar-refractivity contribution in [2.75, 3.05) is 18.5 Å². The zero-order valence-corrected chi connectivity index (χ0v) is 13.0. The third-order valence-corrected chi connectivity index (χ3v) is 3.03. The molecule has 0 bridgehead atoms. The Morgan fingerprint density at radius 1 is 1.04 bits per heavy atom. The first-order chi connectivity index (χ1) is 11.2. The maximum Gasteiger partial charge on any atom is 0.227 e. The molecular weight excluding hydrogens is 297 g/mol. The second-order valence-corrected chi connectivity index (χ2v) is 4.95. The van der Waals surface area contributed by atoms with E-state index in [-0.39, 0.29) is 24.8 Å². The molecule has 122 valence electrons.